The van der Waals surface area contributed by atoms with Crippen LogP contribution >= 0.6 is 0 Å². The van der Waals surface area contributed by atoms with E-state index in [9.17, 15) is 14.0 Å². The molecule has 41 heavy (non-hydrogen) atoms. The molecule has 0 unspecified atom stereocenters. The van der Waals surface area contributed by atoms with Gasteiger partial charge in [-0.15, -0.1) is 0 Å². The molecule has 2 fully saturated rings. The molecule has 5 heterocycles. The van der Waals surface area contributed by atoms with Gasteiger partial charge < -0.3 is 25.2 Å². The maximum atomic E-state index is 13.2. The van der Waals surface area contributed by atoms with Gasteiger partial charge in [0.05, 0.1) is 36.4 Å². The number of piperidine rings is 1. The first-order valence-electron chi connectivity index (χ1n) is 13.6. The molecule has 0 spiro atoms. The molecule has 212 valence electrons. The van der Waals surface area contributed by atoms with Crippen LogP contribution in [0.1, 0.15) is 29.2 Å². The number of amides is 3. The van der Waals surface area contributed by atoms with Crippen LogP contribution in [0.25, 0.3) is 22.4 Å². The van der Waals surface area contributed by atoms with Crippen LogP contribution in [-0.4, -0.2) is 88.0 Å². The number of rotatable bonds is 5. The number of urea groups is 1. The van der Waals surface area contributed by atoms with Gasteiger partial charge in [-0.2, -0.15) is 9.49 Å². The lowest BCUT2D eigenvalue weighted by atomic mass is 10.0. The minimum Gasteiger partial charge on any atom is -0.378 e. The molecule has 6 rings (SSSR count). The monoisotopic (exact) mass is 559 g/mol. The molecule has 1 aromatic carbocycles. The van der Waals surface area contributed by atoms with E-state index in [0.29, 0.717) is 69.3 Å². The molecule has 3 amide bonds. The van der Waals surface area contributed by atoms with E-state index in [2.05, 4.69) is 20.5 Å². The Morgan fingerprint density at radius 3 is 2.41 bits per heavy atom. The van der Waals surface area contributed by atoms with Crippen molar-refractivity contribution in [3.8, 4) is 11.4 Å². The van der Waals surface area contributed by atoms with Crippen molar-refractivity contribution < 1.29 is 18.7 Å². The molecule has 13 heteroatoms. The maximum absolute atomic E-state index is 13.2. The highest BCUT2D eigenvalue weighted by molar-refractivity contribution is 5.94. The van der Waals surface area contributed by atoms with E-state index >= 15 is 0 Å². The lowest BCUT2D eigenvalue weighted by molar-refractivity contribution is 0.0691. The van der Waals surface area contributed by atoms with Crippen molar-refractivity contribution >= 4 is 34.5 Å². The second-order valence-electron chi connectivity index (χ2n) is 9.97. The summed E-state index contributed by atoms with van der Waals surface area (Å²) in [6, 6.07) is 9.80. The first-order chi connectivity index (χ1) is 20.0. The topological polar surface area (TPSA) is 130 Å². The summed E-state index contributed by atoms with van der Waals surface area (Å²) < 4.78 is 20.7. The van der Waals surface area contributed by atoms with Gasteiger partial charge in [0.15, 0.2) is 11.5 Å². The van der Waals surface area contributed by atoms with E-state index in [4.69, 9.17) is 19.8 Å². The van der Waals surface area contributed by atoms with E-state index in [-0.39, 0.29) is 18.0 Å². The van der Waals surface area contributed by atoms with Crippen molar-refractivity contribution in [3.63, 3.8) is 0 Å². The summed E-state index contributed by atoms with van der Waals surface area (Å²) in [5.41, 5.74) is 2.57. The predicted octanol–water partition coefficient (Wildman–Crippen LogP) is 3.09. The van der Waals surface area contributed by atoms with E-state index < -0.39 is 5.95 Å². The van der Waals surface area contributed by atoms with Gasteiger partial charge in [0.2, 0.25) is 5.95 Å². The molecule has 2 aliphatic rings. The SMILES string of the molecule is CNC(=O)Nc1ccc(-c2nc(N3CCOCC3)c3cnn(C4CCN(C(=O)c5ccc(F)nc5)CC4)c3n2)cc1. The average Bonchev–Trinajstić information content (AvgIpc) is 3.45. The molecule has 0 bridgehead atoms. The molecule has 2 aliphatic heterocycles. The van der Waals surface area contributed by atoms with Crippen molar-refractivity contribution in [2.24, 2.45) is 0 Å². The summed E-state index contributed by atoms with van der Waals surface area (Å²) in [5, 5.41) is 10.9. The molecule has 2 saturated heterocycles. The van der Waals surface area contributed by atoms with Crippen LogP contribution in [0.2, 0.25) is 0 Å². The third-order valence-corrected chi connectivity index (χ3v) is 7.44. The number of hydrogen-bond acceptors (Lipinski definition) is 8. The number of nitrogens with zero attached hydrogens (tertiary/aromatic N) is 7. The summed E-state index contributed by atoms with van der Waals surface area (Å²) >= 11 is 0. The number of anilines is 2. The highest BCUT2D eigenvalue weighted by Crippen LogP contribution is 2.32. The minimum atomic E-state index is -0.611. The number of carbonyl (C=O) groups is 2. The van der Waals surface area contributed by atoms with Crippen LogP contribution in [-0.2, 0) is 4.74 Å². The number of ether oxygens (including phenoxy) is 1. The van der Waals surface area contributed by atoms with Crippen molar-refractivity contribution in [2.45, 2.75) is 18.9 Å². The Morgan fingerprint density at radius 1 is 0.976 bits per heavy atom. The summed E-state index contributed by atoms with van der Waals surface area (Å²) in [4.78, 5) is 42.1. The molecule has 0 atom stereocenters. The fourth-order valence-corrected chi connectivity index (χ4v) is 5.22. The largest absolute Gasteiger partial charge is 0.378 e. The number of benzene rings is 1. The zero-order valence-electron chi connectivity index (χ0n) is 22.6. The number of morpholine rings is 1. The van der Waals surface area contributed by atoms with Gasteiger partial charge >= 0.3 is 6.03 Å². The van der Waals surface area contributed by atoms with Gasteiger partial charge in [-0.05, 0) is 49.2 Å². The number of pyridine rings is 1. The Morgan fingerprint density at radius 2 is 1.73 bits per heavy atom. The summed E-state index contributed by atoms with van der Waals surface area (Å²) in [7, 11) is 1.56. The molecular weight excluding hydrogens is 529 g/mol. The zero-order valence-corrected chi connectivity index (χ0v) is 22.6. The van der Waals surface area contributed by atoms with E-state index in [1.807, 2.05) is 35.1 Å². The number of carbonyl (C=O) groups excluding carboxylic acids is 2. The smallest absolute Gasteiger partial charge is 0.318 e. The molecule has 0 aliphatic carbocycles. The van der Waals surface area contributed by atoms with Gasteiger partial charge in [0.1, 0.15) is 5.82 Å². The van der Waals surface area contributed by atoms with E-state index in [1.165, 1.54) is 18.3 Å². The number of hydrogen-bond donors (Lipinski definition) is 2. The van der Waals surface area contributed by atoms with Gasteiger partial charge in [-0.1, -0.05) is 0 Å². The lowest BCUT2D eigenvalue weighted by Gasteiger charge is -2.32. The van der Waals surface area contributed by atoms with Gasteiger partial charge in [-0.25, -0.2) is 24.4 Å². The fourth-order valence-electron chi connectivity index (χ4n) is 5.22. The predicted molar refractivity (Wildman–Crippen MR) is 150 cm³/mol. The Balaban J connectivity index is 1.29. The van der Waals surface area contributed by atoms with Crippen LogP contribution in [0.4, 0.5) is 20.7 Å². The van der Waals surface area contributed by atoms with Crippen molar-refractivity contribution in [1.29, 1.82) is 0 Å². The molecule has 0 saturated carbocycles. The van der Waals surface area contributed by atoms with Gasteiger partial charge in [0.25, 0.3) is 5.91 Å². The summed E-state index contributed by atoms with van der Waals surface area (Å²) in [6.07, 6.45) is 4.49. The van der Waals surface area contributed by atoms with Crippen molar-refractivity contribution in [2.75, 3.05) is 56.7 Å². The van der Waals surface area contributed by atoms with E-state index in [0.717, 1.165) is 22.4 Å². The normalized spacial score (nSPS) is 16.1. The molecule has 3 aromatic heterocycles. The van der Waals surface area contributed by atoms with Crippen LogP contribution in [0.3, 0.4) is 0 Å². The first kappa shape index (κ1) is 26.6. The first-order valence-corrected chi connectivity index (χ1v) is 13.6. The summed E-state index contributed by atoms with van der Waals surface area (Å²) in [6.45, 7) is 3.73. The van der Waals surface area contributed by atoms with Crippen LogP contribution in [0.5, 0.6) is 0 Å². The molecule has 12 nitrogen and oxygen atoms in total. The molecule has 2 N–H and O–H groups in total. The van der Waals surface area contributed by atoms with Gasteiger partial charge in [0, 0.05) is 50.7 Å². The molecular formula is C28H30FN9O3. The zero-order chi connectivity index (χ0) is 28.3. The Kier molecular flexibility index (Phi) is 7.42. The number of fused-ring (bicyclic) bond motifs is 1. The Labute approximate surface area is 235 Å². The highest BCUT2D eigenvalue weighted by atomic mass is 19.1. The number of aromatic nitrogens is 5. The van der Waals surface area contributed by atoms with Gasteiger partial charge in [-0.3, -0.25) is 4.79 Å². The number of nitrogens with one attached hydrogen (secondary N) is 2. The summed E-state index contributed by atoms with van der Waals surface area (Å²) in [5.74, 6) is 0.599. The minimum absolute atomic E-state index is 0.0438. The third kappa shape index (κ3) is 5.53. The second-order valence-corrected chi connectivity index (χ2v) is 9.97. The van der Waals surface area contributed by atoms with Crippen molar-refractivity contribution in [3.05, 3.63) is 60.3 Å². The fraction of sp³-hybridized carbons (Fsp3) is 0.357. The lowest BCUT2D eigenvalue weighted by Crippen LogP contribution is -2.39. The van der Waals surface area contributed by atoms with Crippen molar-refractivity contribution in [1.82, 2.24) is 34.9 Å². The van der Waals surface area contributed by atoms with E-state index in [1.54, 1.807) is 11.9 Å². The molecule has 4 aromatic rings. The standard InChI is InChI=1S/C28H30FN9O3/c1-30-28(40)33-20-5-2-18(3-6-20)24-34-25(36-12-14-41-15-13-36)22-17-32-38(26(22)35-24)21-8-10-37(11-9-21)27(39)19-4-7-23(29)31-16-19/h2-7,16-17,21H,8-15H2,1H3,(H2,30,33,40). The highest BCUT2D eigenvalue weighted by Gasteiger charge is 2.28. The Hall–Kier alpha value is -4.65. The Bertz CT molecular complexity index is 1540. The second kappa shape index (κ2) is 11.5. The molecule has 0 radical (unpaired) electrons. The van der Waals surface area contributed by atoms with Crippen LogP contribution < -0.4 is 15.5 Å². The third-order valence-electron chi connectivity index (χ3n) is 7.44. The maximum Gasteiger partial charge on any atom is 0.318 e. The quantitative estimate of drug-likeness (QED) is 0.357. The number of likely N-dealkylation sites (tertiary alicyclic amines) is 1. The van der Waals surface area contributed by atoms with Crippen LogP contribution in [0.15, 0.2) is 48.8 Å². The number of halogens is 1. The van der Waals surface area contributed by atoms with Crippen LogP contribution in [0, 0.1) is 5.95 Å². The average molecular weight is 560 g/mol.